The average molecular weight is 529 g/mol. The molecule has 1 aromatic heterocycles. The Labute approximate surface area is 223 Å². The molecular weight excluding hydrogens is 504 g/mol. The maximum Gasteiger partial charge on any atom is 0.272 e. The van der Waals surface area contributed by atoms with E-state index in [0.29, 0.717) is 16.4 Å². The summed E-state index contributed by atoms with van der Waals surface area (Å²) < 4.78 is 0. The summed E-state index contributed by atoms with van der Waals surface area (Å²) >= 11 is 2.69. The predicted octanol–water partition coefficient (Wildman–Crippen LogP) is 5.59. The van der Waals surface area contributed by atoms with Gasteiger partial charge in [-0.05, 0) is 48.9 Å². The fraction of sp³-hybridized carbons (Fsp3) is 0.0714. The molecule has 186 valence electrons. The van der Waals surface area contributed by atoms with Gasteiger partial charge in [0.1, 0.15) is 5.70 Å². The van der Waals surface area contributed by atoms with Crippen molar-refractivity contribution >= 4 is 57.7 Å². The quantitative estimate of drug-likeness (QED) is 0.194. The minimum Gasteiger partial charge on any atom is -0.321 e. The number of hydrogen-bond donors (Lipinski definition) is 3. The lowest BCUT2D eigenvalue weighted by atomic mass is 10.1. The molecule has 1 heterocycles. The fourth-order valence-electron chi connectivity index (χ4n) is 3.32. The lowest BCUT2D eigenvalue weighted by Crippen LogP contribution is -2.30. The van der Waals surface area contributed by atoms with Crippen LogP contribution in [0.25, 0.3) is 6.08 Å². The van der Waals surface area contributed by atoms with Gasteiger partial charge in [-0.1, -0.05) is 54.1 Å². The first-order valence-corrected chi connectivity index (χ1v) is 13.2. The molecule has 37 heavy (non-hydrogen) atoms. The number of aryl methyl sites for hydroxylation is 1. The van der Waals surface area contributed by atoms with Crippen molar-refractivity contribution in [2.24, 2.45) is 0 Å². The summed E-state index contributed by atoms with van der Waals surface area (Å²) in [4.78, 5) is 43.1. The van der Waals surface area contributed by atoms with Crippen LogP contribution in [0.15, 0.2) is 101 Å². The van der Waals surface area contributed by atoms with Crippen LogP contribution in [-0.4, -0.2) is 28.5 Å². The van der Waals surface area contributed by atoms with E-state index in [2.05, 4.69) is 20.9 Å². The molecule has 0 aliphatic carbocycles. The molecule has 0 aliphatic heterocycles. The molecule has 0 saturated heterocycles. The number of rotatable bonds is 9. The second kappa shape index (κ2) is 12.7. The molecule has 0 spiro atoms. The summed E-state index contributed by atoms with van der Waals surface area (Å²) in [7, 11) is 0. The highest BCUT2D eigenvalue weighted by atomic mass is 32.2. The van der Waals surface area contributed by atoms with Crippen LogP contribution in [-0.2, 0) is 9.59 Å². The van der Waals surface area contributed by atoms with E-state index in [-0.39, 0.29) is 23.3 Å². The first kappa shape index (κ1) is 25.9. The van der Waals surface area contributed by atoms with Crippen LogP contribution in [0.3, 0.4) is 0 Å². The van der Waals surface area contributed by atoms with E-state index in [0.717, 1.165) is 16.0 Å². The minimum atomic E-state index is -0.463. The Hall–Kier alpha value is -4.21. The van der Waals surface area contributed by atoms with Gasteiger partial charge in [0.15, 0.2) is 5.13 Å². The molecule has 3 N–H and O–H groups in total. The molecule has 3 amide bonds. The van der Waals surface area contributed by atoms with Gasteiger partial charge in [-0.25, -0.2) is 4.98 Å². The number of carbonyl (C=O) groups is 3. The zero-order chi connectivity index (χ0) is 26.0. The smallest absolute Gasteiger partial charge is 0.272 e. The van der Waals surface area contributed by atoms with Crippen molar-refractivity contribution in [2.45, 2.75) is 11.8 Å². The summed E-state index contributed by atoms with van der Waals surface area (Å²) in [6.45, 7) is 1.96. The van der Waals surface area contributed by atoms with Crippen LogP contribution in [0.2, 0.25) is 0 Å². The normalized spacial score (nSPS) is 11.0. The van der Waals surface area contributed by atoms with Gasteiger partial charge in [-0.3, -0.25) is 14.4 Å². The highest BCUT2D eigenvalue weighted by molar-refractivity contribution is 8.00. The number of hydrogen-bond acceptors (Lipinski definition) is 6. The van der Waals surface area contributed by atoms with Crippen LogP contribution >= 0.6 is 23.1 Å². The maximum absolute atomic E-state index is 13.3. The lowest BCUT2D eigenvalue weighted by Gasteiger charge is -2.12. The van der Waals surface area contributed by atoms with Crippen LogP contribution in [0.4, 0.5) is 10.8 Å². The number of amides is 3. The van der Waals surface area contributed by atoms with Crippen LogP contribution in [0.1, 0.15) is 21.5 Å². The topological polar surface area (TPSA) is 100 Å². The van der Waals surface area contributed by atoms with Crippen molar-refractivity contribution in [3.05, 3.63) is 113 Å². The van der Waals surface area contributed by atoms with Crippen LogP contribution < -0.4 is 16.0 Å². The van der Waals surface area contributed by atoms with Crippen molar-refractivity contribution in [1.82, 2.24) is 10.3 Å². The van der Waals surface area contributed by atoms with E-state index in [1.54, 1.807) is 60.1 Å². The highest BCUT2D eigenvalue weighted by Crippen LogP contribution is 2.23. The number of aromatic nitrogens is 1. The Morgan fingerprint density at radius 3 is 2.51 bits per heavy atom. The molecule has 0 radical (unpaired) electrons. The van der Waals surface area contributed by atoms with E-state index < -0.39 is 5.91 Å². The Bertz CT molecular complexity index is 1420. The first-order valence-electron chi connectivity index (χ1n) is 11.3. The molecule has 0 aliphatic rings. The molecular formula is C28H24N4O3S2. The molecule has 3 aromatic carbocycles. The molecule has 9 heteroatoms. The van der Waals surface area contributed by atoms with E-state index in [9.17, 15) is 14.4 Å². The van der Waals surface area contributed by atoms with Gasteiger partial charge >= 0.3 is 0 Å². The van der Waals surface area contributed by atoms with Gasteiger partial charge in [0.05, 0.1) is 5.75 Å². The number of anilines is 2. The summed E-state index contributed by atoms with van der Waals surface area (Å²) in [5, 5.41) is 10.7. The van der Waals surface area contributed by atoms with Crippen molar-refractivity contribution in [3.63, 3.8) is 0 Å². The predicted molar refractivity (Wildman–Crippen MR) is 150 cm³/mol. The fourth-order valence-corrected chi connectivity index (χ4v) is 4.62. The number of benzene rings is 3. The molecule has 0 unspecified atom stereocenters. The number of nitrogens with zero attached hydrogens (tertiary/aromatic N) is 1. The zero-order valence-corrected chi connectivity index (χ0v) is 21.6. The minimum absolute atomic E-state index is 0.111. The summed E-state index contributed by atoms with van der Waals surface area (Å²) in [6.07, 6.45) is 3.27. The molecule has 7 nitrogen and oxygen atoms in total. The zero-order valence-electron chi connectivity index (χ0n) is 19.9. The SMILES string of the molecule is Cc1cccc(/C=C(/NC(=O)c2ccccc2)C(=O)Nc2cccc(SCC(=O)Nc3nccs3)c2)c1. The third-order valence-electron chi connectivity index (χ3n) is 5.02. The maximum atomic E-state index is 13.3. The standard InChI is InChI=1S/C28H24N4O3S2/c1-19-7-5-8-20(15-19)16-24(31-26(34)21-9-3-2-4-10-21)27(35)30-22-11-6-12-23(17-22)37-18-25(33)32-28-29-13-14-36-28/h2-17H,18H2,1H3,(H,30,35)(H,31,34)(H,29,32,33)/b24-16+. The number of thiazole rings is 1. The van der Waals surface area contributed by atoms with Crippen LogP contribution in [0, 0.1) is 6.92 Å². The van der Waals surface area contributed by atoms with Gasteiger partial charge in [0.2, 0.25) is 5.91 Å². The summed E-state index contributed by atoms with van der Waals surface area (Å²) in [6, 6.07) is 23.5. The van der Waals surface area contributed by atoms with E-state index in [1.807, 2.05) is 43.3 Å². The average Bonchev–Trinajstić information content (AvgIpc) is 3.41. The van der Waals surface area contributed by atoms with E-state index >= 15 is 0 Å². The van der Waals surface area contributed by atoms with E-state index in [4.69, 9.17) is 0 Å². The Balaban J connectivity index is 1.47. The Morgan fingerprint density at radius 1 is 0.946 bits per heavy atom. The summed E-state index contributed by atoms with van der Waals surface area (Å²) in [5.41, 5.74) is 2.92. The number of carbonyl (C=O) groups excluding carboxylic acids is 3. The van der Waals surface area contributed by atoms with Crippen molar-refractivity contribution < 1.29 is 14.4 Å². The van der Waals surface area contributed by atoms with Gasteiger partial charge < -0.3 is 16.0 Å². The monoisotopic (exact) mass is 528 g/mol. The largest absolute Gasteiger partial charge is 0.321 e. The molecule has 4 rings (SSSR count). The van der Waals surface area contributed by atoms with E-state index in [1.165, 1.54) is 23.1 Å². The molecule has 0 saturated carbocycles. The second-order valence-corrected chi connectivity index (χ2v) is 9.89. The van der Waals surface area contributed by atoms with Crippen molar-refractivity contribution in [2.75, 3.05) is 16.4 Å². The Kier molecular flexibility index (Phi) is 8.85. The third kappa shape index (κ3) is 7.89. The Morgan fingerprint density at radius 2 is 1.76 bits per heavy atom. The molecule has 4 aromatic rings. The number of thioether (sulfide) groups is 1. The summed E-state index contributed by atoms with van der Waals surface area (Å²) in [5.74, 6) is -0.816. The van der Waals surface area contributed by atoms with Crippen molar-refractivity contribution in [1.29, 1.82) is 0 Å². The first-order chi connectivity index (χ1) is 18.0. The molecule has 0 atom stereocenters. The van der Waals surface area contributed by atoms with Gasteiger partial charge in [0, 0.05) is 27.7 Å². The van der Waals surface area contributed by atoms with Gasteiger partial charge in [-0.15, -0.1) is 23.1 Å². The molecule has 0 fully saturated rings. The van der Waals surface area contributed by atoms with Crippen molar-refractivity contribution in [3.8, 4) is 0 Å². The molecule has 0 bridgehead atoms. The van der Waals surface area contributed by atoms with Gasteiger partial charge in [0.25, 0.3) is 11.8 Å². The van der Waals surface area contributed by atoms with Crippen LogP contribution in [0.5, 0.6) is 0 Å². The van der Waals surface area contributed by atoms with Gasteiger partial charge in [-0.2, -0.15) is 0 Å². The lowest BCUT2D eigenvalue weighted by molar-refractivity contribution is -0.114. The number of nitrogens with one attached hydrogen (secondary N) is 3. The second-order valence-electron chi connectivity index (χ2n) is 7.95. The third-order valence-corrected chi connectivity index (χ3v) is 6.70. The highest BCUT2D eigenvalue weighted by Gasteiger charge is 2.15.